The Hall–Kier alpha value is -18.5. The second-order valence-corrected chi connectivity index (χ2v) is 33.5. The molecule has 0 unspecified atom stereocenters. The lowest BCUT2D eigenvalue weighted by molar-refractivity contribution is 0.622. The first-order valence-electron chi connectivity index (χ1n) is 44.9. The van der Waals surface area contributed by atoms with E-state index < -0.39 is 0 Å². The SMILES string of the molecule is c1ccc(-c2cc(-c3ccccc3)nc(-c3ccc(-c4oc5ccccc5c5nc6ccccc6c4-5)c4ccccc34)n2)cc1.c1cncc(-c2cc(-c3ccc(-c4oc5ccccc5c5nc6ccccc6c4-5)c4ccccc34)cc(-c3cccnc3)n2)c1.c1cncc(-c2cc(-c3cccnc3)cc(-c3ccc(-c4oc5ccccc5c5nc6ccccc6c4-5)c4ccccc34)c2)c1. The molecule has 15 aromatic carbocycles. The van der Waals surface area contributed by atoms with Crippen molar-refractivity contribution in [3.05, 3.63) is 450 Å². The largest absolute Gasteiger partial charge is 0.455 e. The molecule has 13 nitrogen and oxygen atoms in total. The fraction of sp³-hybridized carbons (Fsp3) is 0. The summed E-state index contributed by atoms with van der Waals surface area (Å²) in [7, 11) is 0. The van der Waals surface area contributed by atoms with E-state index in [-0.39, 0.29) is 0 Å². The first-order valence-corrected chi connectivity index (χ1v) is 44.9. The van der Waals surface area contributed by atoms with Crippen LogP contribution in [0.15, 0.2) is 463 Å². The lowest BCUT2D eigenvalue weighted by Gasteiger charge is -2.16. The van der Waals surface area contributed by atoms with Crippen LogP contribution in [-0.4, -0.2) is 49.8 Å². The van der Waals surface area contributed by atoms with Crippen LogP contribution in [0.3, 0.4) is 0 Å². The molecule has 12 heterocycles. The molecule has 27 rings (SSSR count). The van der Waals surface area contributed by atoms with E-state index in [4.69, 9.17) is 43.2 Å². The van der Waals surface area contributed by atoms with Gasteiger partial charge in [-0.1, -0.05) is 249 Å². The number of benzene rings is 15. The molecule has 0 amide bonds. The number of fused-ring (bicyclic) bond motifs is 18. The molecule has 21 aromatic rings. The fourth-order valence-electron chi connectivity index (χ4n) is 19.3. The van der Waals surface area contributed by atoms with Crippen LogP contribution >= 0.6 is 0 Å². The predicted molar refractivity (Wildman–Crippen MR) is 547 cm³/mol. The molecular weight excluding hydrogens is 1650 g/mol. The first kappa shape index (κ1) is 78.8. The first-order chi connectivity index (χ1) is 66.9. The van der Waals surface area contributed by atoms with Crippen LogP contribution in [0, 0.1) is 0 Å². The maximum Gasteiger partial charge on any atom is 0.161 e. The average Bonchev–Trinajstić information content (AvgIpc) is 1.50. The van der Waals surface area contributed by atoms with E-state index in [2.05, 4.69) is 275 Å². The van der Waals surface area contributed by atoms with E-state index in [1.54, 1.807) is 12.4 Å². The van der Waals surface area contributed by atoms with Crippen LogP contribution in [-0.2, 0) is 0 Å². The normalized spacial score (nSPS) is 11.6. The molecule has 13 heteroatoms. The maximum absolute atomic E-state index is 6.78. The summed E-state index contributed by atoms with van der Waals surface area (Å²) in [4.78, 5) is 48.0. The van der Waals surface area contributed by atoms with Gasteiger partial charge < -0.3 is 13.3 Å². The van der Waals surface area contributed by atoms with Crippen LogP contribution in [0.4, 0.5) is 0 Å². The third-order valence-electron chi connectivity index (χ3n) is 25.6. The van der Waals surface area contributed by atoms with Gasteiger partial charge in [0.1, 0.15) is 34.0 Å². The minimum Gasteiger partial charge on any atom is -0.455 e. The number of hydrogen-bond acceptors (Lipinski definition) is 13. The zero-order valence-electron chi connectivity index (χ0n) is 72.4. The standard InChI is InChI=1S/2C41H25N3O.C40H24N4O/c1-3-13-26(14-4-1)35-25-36(27-15-5-2-6-16-27)44-41(43-35)31-24-23-30(28-17-7-8-18-29(28)31)40-38-32-19-9-11-21-34(32)42-39(38)33-20-10-12-22-37(33)45-40;1-2-12-33-32(11-1)31(30-22-28(26-9-7-19-42-24-26)21-29(23-30)27-10-8-20-43-25-27)17-18-34(33)41-39-35-13-3-5-15-37(35)44-40(39)36-14-4-6-16-38(36)45-41;1-2-12-30-29(11-1)28(27-21-35(25-9-7-19-41-23-25)43-36(22-27)26-10-8-20-42-24-26)17-18-31(30)40-38-32-13-3-5-15-34(32)44-39(38)33-14-4-6-16-37(33)45-40/h2*1-25H;1-24H. The van der Waals surface area contributed by atoms with E-state index in [0.717, 1.165) is 261 Å². The van der Waals surface area contributed by atoms with Gasteiger partial charge in [0.05, 0.1) is 73.1 Å². The van der Waals surface area contributed by atoms with E-state index in [1.807, 2.05) is 183 Å². The summed E-state index contributed by atoms with van der Waals surface area (Å²) in [6.07, 6.45) is 14.7. The van der Waals surface area contributed by atoms with Crippen LogP contribution in [0.1, 0.15) is 0 Å². The van der Waals surface area contributed by atoms with Crippen molar-refractivity contribution in [1.29, 1.82) is 0 Å². The van der Waals surface area contributed by atoms with Crippen molar-refractivity contribution in [2.45, 2.75) is 0 Å². The Morgan fingerprint density at radius 1 is 0.163 bits per heavy atom. The van der Waals surface area contributed by atoms with Gasteiger partial charge in [0.25, 0.3) is 0 Å². The third kappa shape index (κ3) is 14.2. The van der Waals surface area contributed by atoms with Crippen LogP contribution in [0.2, 0.25) is 0 Å². The molecule has 0 saturated heterocycles. The second-order valence-electron chi connectivity index (χ2n) is 33.5. The molecular formula is C122H74N10O3. The monoisotopic (exact) mass is 1730 g/mol. The lowest BCUT2D eigenvalue weighted by Crippen LogP contribution is -1.97. The summed E-state index contributed by atoms with van der Waals surface area (Å²) in [6.45, 7) is 0. The molecule has 135 heavy (non-hydrogen) atoms. The molecule has 0 N–H and O–H groups in total. The predicted octanol–water partition coefficient (Wildman–Crippen LogP) is 31.5. The topological polar surface area (TPSA) is 168 Å². The number of para-hydroxylation sites is 6. The van der Waals surface area contributed by atoms with Crippen LogP contribution < -0.4 is 0 Å². The number of rotatable bonds is 12. The Morgan fingerprint density at radius 3 is 0.785 bits per heavy atom. The lowest BCUT2D eigenvalue weighted by atomic mass is 9.89. The van der Waals surface area contributed by atoms with Crippen LogP contribution in [0.25, 0.3) is 267 Å². The Morgan fingerprint density at radius 2 is 0.430 bits per heavy atom. The van der Waals surface area contributed by atoms with Crippen LogP contribution in [0.5, 0.6) is 0 Å². The number of hydrogen-bond donors (Lipinski definition) is 0. The molecule has 630 valence electrons. The number of aromatic nitrogens is 10. The zero-order chi connectivity index (χ0) is 89.2. The molecule has 0 radical (unpaired) electrons. The average molecular weight is 1730 g/mol. The Balaban J connectivity index is 0.000000108. The maximum atomic E-state index is 6.78. The van der Waals surface area contributed by atoms with Crippen molar-refractivity contribution < 1.29 is 13.3 Å². The molecule has 0 saturated carbocycles. The van der Waals surface area contributed by atoms with Crippen molar-refractivity contribution in [2.24, 2.45) is 0 Å². The second kappa shape index (κ2) is 33.6. The van der Waals surface area contributed by atoms with E-state index in [0.29, 0.717) is 5.82 Å². The van der Waals surface area contributed by atoms with E-state index in [9.17, 15) is 0 Å². The molecule has 6 aliphatic rings. The zero-order valence-corrected chi connectivity index (χ0v) is 72.4. The highest BCUT2D eigenvalue weighted by atomic mass is 16.3. The van der Waals surface area contributed by atoms with Gasteiger partial charge in [-0.05, 0) is 217 Å². The molecule has 0 aliphatic carbocycles. The molecule has 6 aliphatic heterocycles. The summed E-state index contributed by atoms with van der Waals surface area (Å²) in [5.41, 5.74) is 31.6. The van der Waals surface area contributed by atoms with Gasteiger partial charge in [0, 0.05) is 138 Å². The van der Waals surface area contributed by atoms with Gasteiger partial charge in [-0.2, -0.15) is 0 Å². The highest BCUT2D eigenvalue weighted by molar-refractivity contribution is 6.18. The number of pyridine rings is 5. The summed E-state index contributed by atoms with van der Waals surface area (Å²) in [5, 5.41) is 12.9. The molecule has 0 spiro atoms. The Kier molecular flexibility index (Phi) is 19.6. The Bertz CT molecular complexity index is 8120. The third-order valence-corrected chi connectivity index (χ3v) is 25.6. The van der Waals surface area contributed by atoms with Crippen molar-refractivity contribution in [1.82, 2.24) is 49.8 Å². The van der Waals surface area contributed by atoms with Gasteiger partial charge in [0.2, 0.25) is 0 Å². The summed E-state index contributed by atoms with van der Waals surface area (Å²) in [6, 6.07) is 138. The molecule has 0 fully saturated rings. The highest BCUT2D eigenvalue weighted by Crippen LogP contribution is 2.52. The minimum atomic E-state index is 0.680. The van der Waals surface area contributed by atoms with Crippen molar-refractivity contribution in [3.63, 3.8) is 0 Å². The van der Waals surface area contributed by atoms with Gasteiger partial charge in [-0.25, -0.2) is 29.9 Å². The summed E-state index contributed by atoms with van der Waals surface area (Å²) in [5.74, 6) is 3.14. The van der Waals surface area contributed by atoms with Crippen molar-refractivity contribution >= 4 is 97.9 Å². The smallest absolute Gasteiger partial charge is 0.161 e. The van der Waals surface area contributed by atoms with Gasteiger partial charge >= 0.3 is 0 Å². The van der Waals surface area contributed by atoms with Crippen molar-refractivity contribution in [3.8, 4) is 169 Å². The fourth-order valence-corrected chi connectivity index (χ4v) is 19.3. The minimum absolute atomic E-state index is 0.680. The quantitative estimate of drug-likeness (QED) is 0.113. The summed E-state index contributed by atoms with van der Waals surface area (Å²) < 4.78 is 20.3. The van der Waals surface area contributed by atoms with Gasteiger partial charge in [-0.15, -0.1) is 0 Å². The van der Waals surface area contributed by atoms with E-state index >= 15 is 0 Å². The van der Waals surface area contributed by atoms with E-state index in [1.165, 1.54) is 0 Å². The van der Waals surface area contributed by atoms with Gasteiger partial charge in [-0.3, -0.25) is 19.9 Å². The summed E-state index contributed by atoms with van der Waals surface area (Å²) >= 11 is 0. The molecule has 0 atom stereocenters. The van der Waals surface area contributed by atoms with Crippen molar-refractivity contribution in [2.75, 3.05) is 0 Å². The highest BCUT2D eigenvalue weighted by Gasteiger charge is 2.30. The Labute approximate surface area is 774 Å². The molecule has 0 bridgehead atoms. The molecule has 6 aromatic heterocycles. The number of nitrogens with zero attached hydrogens (tertiary/aromatic N) is 10. The van der Waals surface area contributed by atoms with Gasteiger partial charge in [0.15, 0.2) is 5.82 Å².